The number of nitrogens with one attached hydrogen (secondary N) is 1. The van der Waals surface area contributed by atoms with Gasteiger partial charge in [0.05, 0.1) is 5.56 Å². The van der Waals surface area contributed by atoms with Crippen molar-refractivity contribution in [3.63, 3.8) is 0 Å². The van der Waals surface area contributed by atoms with Crippen LogP contribution in [0, 0.1) is 5.82 Å². The van der Waals surface area contributed by atoms with E-state index in [1.54, 1.807) is 12.1 Å². The average Bonchev–Trinajstić information content (AvgIpc) is 2.56. The molecule has 1 aromatic carbocycles. The van der Waals surface area contributed by atoms with Crippen LogP contribution in [0.3, 0.4) is 0 Å². The molecule has 1 N–H and O–H groups in total. The van der Waals surface area contributed by atoms with Crippen LogP contribution >= 0.6 is 0 Å². The zero-order chi connectivity index (χ0) is 8.39. The van der Waals surface area contributed by atoms with Crippen molar-refractivity contribution in [1.29, 1.82) is 0 Å². The number of rotatable bonds is 1. The second-order valence-corrected chi connectivity index (χ2v) is 2.26. The summed E-state index contributed by atoms with van der Waals surface area (Å²) in [7, 11) is 0. The minimum Gasteiger partial charge on any atom is -0.207 e. The van der Waals surface area contributed by atoms with Gasteiger partial charge >= 0.3 is 5.84 Å². The molecule has 1 aliphatic heterocycles. The van der Waals surface area contributed by atoms with Gasteiger partial charge in [-0.05, 0) is 18.2 Å². The maximum Gasteiger partial charge on any atom is 0.316 e. The van der Waals surface area contributed by atoms with Gasteiger partial charge in [-0.2, -0.15) is 0 Å². The molecule has 0 spiro atoms. The number of hydrogen-bond acceptors (Lipinski definition) is 4. The van der Waals surface area contributed by atoms with Gasteiger partial charge in [0.15, 0.2) is 5.22 Å². The number of amidine groups is 1. The zero-order valence-electron chi connectivity index (χ0n) is 6.03. The van der Waals surface area contributed by atoms with Crippen LogP contribution in [0.15, 0.2) is 34.6 Å². The van der Waals surface area contributed by atoms with Crippen LogP contribution in [0.1, 0.15) is 5.56 Å². The molecule has 0 aromatic heterocycles. The van der Waals surface area contributed by atoms with Gasteiger partial charge in [0.1, 0.15) is 10.9 Å². The lowest BCUT2D eigenvalue weighted by Gasteiger charge is -1.91. The van der Waals surface area contributed by atoms with Crippen molar-refractivity contribution in [3.05, 3.63) is 35.6 Å². The molecule has 12 heavy (non-hydrogen) atoms. The molecule has 2 rings (SSSR count). The highest BCUT2D eigenvalue weighted by molar-refractivity contribution is 5.98. The second-order valence-electron chi connectivity index (χ2n) is 2.26. The summed E-state index contributed by atoms with van der Waals surface area (Å²) in [6.07, 6.45) is 0. The number of halogens is 1. The van der Waals surface area contributed by atoms with E-state index in [9.17, 15) is 4.39 Å². The third kappa shape index (κ3) is 1.16. The minimum atomic E-state index is -0.302. The maximum absolute atomic E-state index is 12.7. The quantitative estimate of drug-likeness (QED) is 0.655. The first-order valence-electron chi connectivity index (χ1n) is 3.36. The molecular formula is C7H5FN4+. The Morgan fingerprint density at radius 1 is 1.42 bits per heavy atom. The zero-order valence-corrected chi connectivity index (χ0v) is 6.03. The first kappa shape index (κ1) is 6.90. The van der Waals surface area contributed by atoms with Gasteiger partial charge in [-0.25, -0.2) is 4.39 Å². The summed E-state index contributed by atoms with van der Waals surface area (Å²) >= 11 is 0. The first-order valence-corrected chi connectivity index (χ1v) is 3.36. The van der Waals surface area contributed by atoms with Crippen molar-refractivity contribution < 1.29 is 4.39 Å². The largest absolute Gasteiger partial charge is 0.316 e. The Balaban J connectivity index is 2.35. The summed E-state index contributed by atoms with van der Waals surface area (Å²) in [6.45, 7) is 0. The minimum absolute atomic E-state index is 0.302. The molecule has 0 amide bonds. The van der Waals surface area contributed by atoms with Crippen LogP contribution in [0.2, 0.25) is 0 Å². The predicted molar refractivity (Wildman–Crippen MR) is 40.6 cm³/mol. The van der Waals surface area contributed by atoms with Crippen molar-refractivity contribution in [2.45, 2.75) is 0 Å². The standard InChI is InChI=1S/C7H5FN4/c8-6-3-1-2-5(4-6)7-9-11-12-10-7/h1-4H,(H,9,10,11)/q+1. The Morgan fingerprint density at radius 2 is 2.33 bits per heavy atom. The molecule has 1 aliphatic rings. The smallest absolute Gasteiger partial charge is 0.207 e. The molecule has 1 aromatic rings. The van der Waals surface area contributed by atoms with Gasteiger partial charge in [-0.15, -0.1) is 5.43 Å². The van der Waals surface area contributed by atoms with Crippen molar-refractivity contribution in [1.82, 2.24) is 10.6 Å². The van der Waals surface area contributed by atoms with Crippen molar-refractivity contribution in [2.24, 2.45) is 10.3 Å². The molecule has 0 fully saturated rings. The fourth-order valence-electron chi connectivity index (χ4n) is 0.917. The fourth-order valence-corrected chi connectivity index (χ4v) is 0.917. The molecule has 0 bridgehead atoms. The molecular weight excluding hydrogens is 159 g/mol. The fraction of sp³-hybridized carbons (Fsp3) is 0. The summed E-state index contributed by atoms with van der Waals surface area (Å²) in [4.78, 5) is 0. The number of hydrogen-bond donors (Lipinski definition) is 1. The van der Waals surface area contributed by atoms with E-state index in [0.29, 0.717) is 11.4 Å². The highest BCUT2D eigenvalue weighted by Gasteiger charge is 2.16. The average molecular weight is 164 g/mol. The molecule has 0 atom stereocenters. The van der Waals surface area contributed by atoms with Crippen molar-refractivity contribution in [2.75, 3.05) is 0 Å². The van der Waals surface area contributed by atoms with E-state index in [0.717, 1.165) is 0 Å². The molecule has 0 saturated heterocycles. The van der Waals surface area contributed by atoms with E-state index in [1.807, 2.05) is 0 Å². The van der Waals surface area contributed by atoms with Gasteiger partial charge in [-0.3, -0.25) is 0 Å². The SMILES string of the molecule is Fc1cccc(C2=NN=[N+]N2)c1. The van der Waals surface area contributed by atoms with E-state index >= 15 is 0 Å². The van der Waals surface area contributed by atoms with Gasteiger partial charge in [0, 0.05) is 0 Å². The summed E-state index contributed by atoms with van der Waals surface area (Å²) in [5.41, 5.74) is 3.18. The molecule has 1 heterocycles. The van der Waals surface area contributed by atoms with E-state index in [4.69, 9.17) is 0 Å². The highest BCUT2D eigenvalue weighted by Crippen LogP contribution is 2.04. The summed E-state index contributed by atoms with van der Waals surface area (Å²) in [6, 6.07) is 6.06. The summed E-state index contributed by atoms with van der Waals surface area (Å²) in [5.74, 6) is 0.165. The van der Waals surface area contributed by atoms with Crippen LogP contribution < -0.4 is 10.6 Å². The predicted octanol–water partition coefficient (Wildman–Crippen LogP) is 0.793. The van der Waals surface area contributed by atoms with Crippen LogP contribution in [0.25, 0.3) is 0 Å². The molecule has 59 valence electrons. The normalized spacial score (nSPS) is 14.2. The van der Waals surface area contributed by atoms with Crippen molar-refractivity contribution in [3.8, 4) is 0 Å². The van der Waals surface area contributed by atoms with E-state index in [2.05, 4.69) is 21.0 Å². The monoisotopic (exact) mass is 164 g/mol. The molecule has 4 nitrogen and oxygen atoms in total. The Kier molecular flexibility index (Phi) is 1.55. The Bertz CT molecular complexity index is 358. The Hall–Kier alpha value is -1.78. The summed E-state index contributed by atoms with van der Waals surface area (Å²) in [5, 5.41) is 10.4. The van der Waals surface area contributed by atoms with Crippen molar-refractivity contribution >= 4 is 5.84 Å². The topological polar surface area (TPSA) is 50.9 Å². The van der Waals surface area contributed by atoms with Crippen LogP contribution in [0.5, 0.6) is 0 Å². The number of nitrogens with zero attached hydrogens (tertiary/aromatic N) is 3. The lowest BCUT2D eigenvalue weighted by atomic mass is 10.2. The lowest BCUT2D eigenvalue weighted by Crippen LogP contribution is -2.20. The highest BCUT2D eigenvalue weighted by atomic mass is 19.1. The number of benzene rings is 1. The lowest BCUT2D eigenvalue weighted by molar-refractivity contribution is 0.627. The van der Waals surface area contributed by atoms with Crippen LogP contribution in [-0.2, 0) is 0 Å². The second kappa shape index (κ2) is 2.69. The van der Waals surface area contributed by atoms with E-state index in [1.165, 1.54) is 12.1 Å². The Morgan fingerprint density at radius 3 is 3.00 bits per heavy atom. The van der Waals surface area contributed by atoms with E-state index in [-0.39, 0.29) is 5.82 Å². The van der Waals surface area contributed by atoms with Gasteiger partial charge in [-0.1, -0.05) is 6.07 Å². The van der Waals surface area contributed by atoms with Crippen LogP contribution in [0.4, 0.5) is 4.39 Å². The maximum atomic E-state index is 12.7. The van der Waals surface area contributed by atoms with E-state index < -0.39 is 0 Å². The molecule has 0 aliphatic carbocycles. The van der Waals surface area contributed by atoms with Gasteiger partial charge in [0.2, 0.25) is 5.22 Å². The summed E-state index contributed by atoms with van der Waals surface area (Å²) < 4.78 is 12.7. The third-order valence-electron chi connectivity index (χ3n) is 1.44. The molecule has 5 heteroatoms. The third-order valence-corrected chi connectivity index (χ3v) is 1.44. The molecule has 0 saturated carbocycles. The molecule has 0 unspecified atom stereocenters. The van der Waals surface area contributed by atoms with Gasteiger partial charge < -0.3 is 0 Å². The van der Waals surface area contributed by atoms with Gasteiger partial charge in [0.25, 0.3) is 0 Å². The van der Waals surface area contributed by atoms with Crippen LogP contribution in [-0.4, -0.2) is 5.84 Å². The Labute approximate surface area is 67.8 Å². The first-order chi connectivity index (χ1) is 5.86. The molecule has 1 radical (unpaired) electrons.